The van der Waals surface area contributed by atoms with Crippen molar-refractivity contribution in [3.63, 3.8) is 0 Å². The van der Waals surface area contributed by atoms with Crippen LogP contribution in [0.2, 0.25) is 0 Å². The maximum absolute atomic E-state index is 12.7. The van der Waals surface area contributed by atoms with Crippen LogP contribution >= 0.6 is 23.6 Å². The molecule has 1 aromatic heterocycles. The van der Waals surface area contributed by atoms with Gasteiger partial charge in [-0.25, -0.2) is 0 Å². The van der Waals surface area contributed by atoms with Crippen LogP contribution in [-0.4, -0.2) is 36.7 Å². The second kappa shape index (κ2) is 12.3. The Labute approximate surface area is 208 Å². The lowest BCUT2D eigenvalue weighted by atomic mass is 10.1. The van der Waals surface area contributed by atoms with Gasteiger partial charge in [-0.05, 0) is 55.4 Å². The lowest BCUT2D eigenvalue weighted by Gasteiger charge is -2.11. The van der Waals surface area contributed by atoms with Gasteiger partial charge in [0.2, 0.25) is 0 Å². The van der Waals surface area contributed by atoms with Gasteiger partial charge in [0, 0.05) is 23.5 Å². The number of thiophene rings is 1. The molecule has 0 saturated heterocycles. The lowest BCUT2D eigenvalue weighted by molar-refractivity contribution is 0.0974. The number of nitrogens with two attached hydrogens (primary N) is 1. The predicted octanol–water partition coefficient (Wildman–Crippen LogP) is 4.29. The fourth-order valence-corrected chi connectivity index (χ4v) is 4.80. The van der Waals surface area contributed by atoms with Gasteiger partial charge in [0.25, 0.3) is 11.8 Å². The van der Waals surface area contributed by atoms with Gasteiger partial charge in [-0.15, -0.1) is 11.3 Å². The third-order valence-electron chi connectivity index (χ3n) is 4.95. The normalized spacial score (nSPS) is 10.5. The maximum atomic E-state index is 12.7. The molecule has 0 aliphatic rings. The number of thiocarbonyl (C=S) groups is 1. The van der Waals surface area contributed by atoms with E-state index in [1.165, 1.54) is 11.3 Å². The monoisotopic (exact) mass is 497 g/mol. The highest BCUT2D eigenvalue weighted by Crippen LogP contribution is 2.34. The van der Waals surface area contributed by atoms with E-state index in [-0.39, 0.29) is 5.11 Å². The van der Waals surface area contributed by atoms with Gasteiger partial charge in [0.1, 0.15) is 17.4 Å². The molecule has 3 rings (SSSR count). The quantitative estimate of drug-likeness (QED) is 0.285. The molecule has 0 unspecified atom stereocenters. The molecule has 2 aromatic carbocycles. The Morgan fingerprint density at radius 3 is 2.56 bits per heavy atom. The first-order valence-corrected chi connectivity index (χ1v) is 12.0. The predicted molar refractivity (Wildman–Crippen MR) is 139 cm³/mol. The average molecular weight is 498 g/mol. The fourth-order valence-electron chi connectivity index (χ4n) is 3.29. The molecule has 34 heavy (non-hydrogen) atoms. The number of ether oxygens (including phenoxy) is 2. The molecule has 178 valence electrons. The number of carbonyl (C=O) groups is 2. The highest BCUT2D eigenvalue weighted by Gasteiger charge is 2.21. The van der Waals surface area contributed by atoms with Crippen molar-refractivity contribution in [2.75, 3.05) is 25.1 Å². The van der Waals surface area contributed by atoms with Crippen LogP contribution in [0.15, 0.2) is 54.6 Å². The molecule has 0 saturated carbocycles. The van der Waals surface area contributed by atoms with E-state index in [1.54, 1.807) is 24.3 Å². The van der Waals surface area contributed by atoms with Crippen LogP contribution in [0.25, 0.3) is 0 Å². The molecule has 2 amide bonds. The standard InChI is InChI=1S/C25H27N3O4S2/c1-3-31-12-13-32-19-11-7-10-18(15-19)23(30)27-25(33)28-24-21(22(26)29)16(2)20(34-24)14-17-8-5-4-6-9-17/h4-11,15H,3,12-14H2,1-2H3,(H2,26,29)(H2,27,28,30,33). The molecule has 0 fully saturated rings. The SMILES string of the molecule is CCOCCOc1cccc(C(=O)NC(=S)Nc2sc(Cc3ccccc3)c(C)c2C(N)=O)c1. The maximum Gasteiger partial charge on any atom is 0.257 e. The van der Waals surface area contributed by atoms with Crippen molar-refractivity contribution >= 4 is 45.5 Å². The zero-order valence-corrected chi connectivity index (χ0v) is 20.7. The molecule has 9 heteroatoms. The molecule has 0 spiro atoms. The van der Waals surface area contributed by atoms with E-state index in [2.05, 4.69) is 10.6 Å². The Morgan fingerprint density at radius 2 is 1.85 bits per heavy atom. The Balaban J connectivity index is 1.68. The second-order valence-electron chi connectivity index (χ2n) is 7.36. The summed E-state index contributed by atoms with van der Waals surface area (Å²) in [5, 5.41) is 6.20. The molecule has 7 nitrogen and oxygen atoms in total. The third kappa shape index (κ3) is 6.86. The number of amides is 2. The van der Waals surface area contributed by atoms with Crippen molar-refractivity contribution in [2.24, 2.45) is 5.73 Å². The molecule has 0 aliphatic carbocycles. The van der Waals surface area contributed by atoms with Crippen molar-refractivity contribution in [2.45, 2.75) is 20.3 Å². The first-order chi connectivity index (χ1) is 16.4. The number of hydrogen-bond acceptors (Lipinski definition) is 6. The van der Waals surface area contributed by atoms with Crippen LogP contribution in [0.5, 0.6) is 5.75 Å². The van der Waals surface area contributed by atoms with Crippen LogP contribution in [0.4, 0.5) is 5.00 Å². The number of primary amides is 1. The summed E-state index contributed by atoms with van der Waals surface area (Å²) >= 11 is 6.73. The van der Waals surface area contributed by atoms with Gasteiger partial charge in [0.05, 0.1) is 12.2 Å². The number of carbonyl (C=O) groups excluding carboxylic acids is 2. The minimum atomic E-state index is -0.554. The lowest BCUT2D eigenvalue weighted by Crippen LogP contribution is -2.34. The van der Waals surface area contributed by atoms with Gasteiger partial charge >= 0.3 is 0 Å². The van der Waals surface area contributed by atoms with E-state index in [4.69, 9.17) is 27.4 Å². The molecule has 1 heterocycles. The van der Waals surface area contributed by atoms with Gasteiger partial charge in [0.15, 0.2) is 5.11 Å². The minimum Gasteiger partial charge on any atom is -0.491 e. The van der Waals surface area contributed by atoms with E-state index in [1.807, 2.05) is 44.2 Å². The molecular formula is C25H27N3O4S2. The van der Waals surface area contributed by atoms with Crippen molar-refractivity contribution in [3.8, 4) is 5.75 Å². The zero-order valence-electron chi connectivity index (χ0n) is 19.1. The van der Waals surface area contributed by atoms with E-state index in [0.29, 0.717) is 48.1 Å². The second-order valence-corrected chi connectivity index (χ2v) is 8.88. The Kier molecular flexibility index (Phi) is 9.15. The van der Waals surface area contributed by atoms with Crippen LogP contribution in [0, 0.1) is 6.92 Å². The largest absolute Gasteiger partial charge is 0.491 e. The molecule has 3 aromatic rings. The topological polar surface area (TPSA) is 103 Å². The number of nitrogens with one attached hydrogen (secondary N) is 2. The molecular weight excluding hydrogens is 470 g/mol. The molecule has 4 N–H and O–H groups in total. The van der Waals surface area contributed by atoms with Gasteiger partial charge in [-0.1, -0.05) is 36.4 Å². The Morgan fingerprint density at radius 1 is 1.09 bits per heavy atom. The van der Waals surface area contributed by atoms with Crippen LogP contribution < -0.4 is 21.1 Å². The molecule has 0 aliphatic heterocycles. The minimum absolute atomic E-state index is 0.0719. The van der Waals surface area contributed by atoms with E-state index in [0.717, 1.165) is 16.0 Å². The summed E-state index contributed by atoms with van der Waals surface area (Å²) < 4.78 is 10.9. The van der Waals surface area contributed by atoms with E-state index in [9.17, 15) is 9.59 Å². The first-order valence-electron chi connectivity index (χ1n) is 10.8. The smallest absolute Gasteiger partial charge is 0.257 e. The fraction of sp³-hybridized carbons (Fsp3) is 0.240. The third-order valence-corrected chi connectivity index (χ3v) is 6.36. The zero-order chi connectivity index (χ0) is 24.5. The van der Waals surface area contributed by atoms with Crippen LogP contribution in [-0.2, 0) is 11.2 Å². The van der Waals surface area contributed by atoms with Gasteiger partial charge < -0.3 is 20.5 Å². The highest BCUT2D eigenvalue weighted by atomic mass is 32.1. The summed E-state index contributed by atoms with van der Waals surface area (Å²) in [7, 11) is 0. The number of hydrogen-bond donors (Lipinski definition) is 3. The van der Waals surface area contributed by atoms with Crippen LogP contribution in [0.1, 0.15) is 43.6 Å². The van der Waals surface area contributed by atoms with Crippen LogP contribution in [0.3, 0.4) is 0 Å². The van der Waals surface area contributed by atoms with Crippen molar-refractivity contribution in [1.82, 2.24) is 5.32 Å². The first kappa shape index (κ1) is 25.4. The Hall–Kier alpha value is -3.27. The summed E-state index contributed by atoms with van der Waals surface area (Å²) in [6.07, 6.45) is 0.661. The van der Waals surface area contributed by atoms with E-state index < -0.39 is 11.8 Å². The van der Waals surface area contributed by atoms with E-state index >= 15 is 0 Å². The number of anilines is 1. The van der Waals surface area contributed by atoms with Crippen molar-refractivity contribution in [3.05, 3.63) is 81.7 Å². The van der Waals surface area contributed by atoms with Crippen molar-refractivity contribution in [1.29, 1.82) is 0 Å². The van der Waals surface area contributed by atoms with Gasteiger partial charge in [-0.3, -0.25) is 14.9 Å². The number of rotatable bonds is 10. The average Bonchev–Trinajstić information content (AvgIpc) is 3.12. The van der Waals surface area contributed by atoms with Gasteiger partial charge in [-0.2, -0.15) is 0 Å². The van der Waals surface area contributed by atoms with Crippen molar-refractivity contribution < 1.29 is 19.1 Å². The summed E-state index contributed by atoms with van der Waals surface area (Å²) in [5.74, 6) is -0.394. The summed E-state index contributed by atoms with van der Waals surface area (Å²) in [6, 6.07) is 16.7. The highest BCUT2D eigenvalue weighted by molar-refractivity contribution is 7.80. The molecule has 0 atom stereocenters. The summed E-state index contributed by atoms with van der Waals surface area (Å²) in [5.41, 5.74) is 8.32. The number of benzene rings is 2. The molecule has 0 radical (unpaired) electrons. The summed E-state index contributed by atoms with van der Waals surface area (Å²) in [6.45, 7) is 5.24. The Bertz CT molecular complexity index is 1160. The molecule has 0 bridgehead atoms. The summed E-state index contributed by atoms with van der Waals surface area (Å²) in [4.78, 5) is 25.8.